The number of benzene rings is 2. The van der Waals surface area contributed by atoms with Crippen LogP contribution in [0.1, 0.15) is 30.0 Å². The number of piperidine rings is 1. The summed E-state index contributed by atoms with van der Waals surface area (Å²) in [7, 11) is 0. The van der Waals surface area contributed by atoms with Gasteiger partial charge in [0.25, 0.3) is 11.5 Å². The molecule has 1 aromatic heterocycles. The van der Waals surface area contributed by atoms with Crippen LogP contribution >= 0.6 is 11.6 Å². The monoisotopic (exact) mass is 508 g/mol. The molecule has 1 fully saturated rings. The molecule has 0 saturated carbocycles. The Balaban J connectivity index is 1.45. The van der Waals surface area contributed by atoms with Gasteiger partial charge in [0, 0.05) is 18.7 Å². The zero-order valence-corrected chi connectivity index (χ0v) is 18.4. The standard InChI is InChI=1S/C21H16ClF3N6O4/c22-14-4-2-11(8-13(14)21(23,24)25)27-20(35)26-9-10-1-3-12-15(7-10)29-30-31(19(12)34)16-5-6-17(32)28-18(16)33/h1-4,7-8,16H,5-6,9H2,(H2,26,27,35)(H,28,32,33). The van der Waals surface area contributed by atoms with Crippen molar-refractivity contribution in [1.82, 2.24) is 25.6 Å². The normalized spacial score (nSPS) is 16.2. The van der Waals surface area contributed by atoms with Crippen molar-refractivity contribution < 1.29 is 27.6 Å². The number of aromatic nitrogens is 3. The maximum atomic E-state index is 13.0. The van der Waals surface area contributed by atoms with Crippen LogP contribution in [-0.4, -0.2) is 32.8 Å². The van der Waals surface area contributed by atoms with Crippen LogP contribution in [-0.2, 0) is 22.3 Å². The number of urea groups is 1. The van der Waals surface area contributed by atoms with E-state index in [4.69, 9.17) is 11.6 Å². The number of amides is 4. The van der Waals surface area contributed by atoms with Gasteiger partial charge in [-0.05, 0) is 42.3 Å². The first kappa shape index (κ1) is 24.1. The number of hydrogen-bond acceptors (Lipinski definition) is 6. The summed E-state index contributed by atoms with van der Waals surface area (Å²) in [5.41, 5.74) is -0.992. The number of alkyl halides is 3. The quantitative estimate of drug-likeness (QED) is 0.464. The minimum absolute atomic E-state index is 0.0284. The van der Waals surface area contributed by atoms with Gasteiger partial charge in [-0.25, -0.2) is 4.79 Å². The van der Waals surface area contributed by atoms with Crippen LogP contribution < -0.4 is 21.5 Å². The number of carbonyl (C=O) groups excluding carboxylic acids is 3. The van der Waals surface area contributed by atoms with Gasteiger partial charge in [0.2, 0.25) is 5.91 Å². The largest absolute Gasteiger partial charge is 0.417 e. The SMILES string of the molecule is O=C1CCC(n2nnc3cc(CNC(=O)Nc4ccc(Cl)c(C(F)(F)F)c4)ccc3c2=O)C(=O)N1. The van der Waals surface area contributed by atoms with Crippen LogP contribution in [0.25, 0.3) is 10.9 Å². The fourth-order valence-electron chi connectivity index (χ4n) is 3.51. The molecular formula is C21H16ClF3N6O4. The Hall–Kier alpha value is -4.00. The first-order valence-corrected chi connectivity index (χ1v) is 10.5. The molecular weight excluding hydrogens is 493 g/mol. The number of nitrogens with one attached hydrogen (secondary N) is 3. The van der Waals surface area contributed by atoms with E-state index < -0.39 is 46.2 Å². The van der Waals surface area contributed by atoms with Crippen molar-refractivity contribution in [3.8, 4) is 0 Å². The highest BCUT2D eigenvalue weighted by atomic mass is 35.5. The fraction of sp³-hybridized carbons (Fsp3) is 0.238. The molecule has 2 heterocycles. The number of anilines is 1. The lowest BCUT2D eigenvalue weighted by molar-refractivity contribution is -0.138. The van der Waals surface area contributed by atoms with Crippen molar-refractivity contribution in [2.45, 2.75) is 31.6 Å². The minimum Gasteiger partial charge on any atom is -0.334 e. The predicted octanol–water partition coefficient (Wildman–Crippen LogP) is 2.76. The lowest BCUT2D eigenvalue weighted by Gasteiger charge is -2.21. The molecule has 1 aliphatic heterocycles. The zero-order chi connectivity index (χ0) is 25.3. The van der Waals surface area contributed by atoms with Crippen LogP contribution in [0.2, 0.25) is 5.02 Å². The second-order valence-corrected chi connectivity index (χ2v) is 8.06. The van der Waals surface area contributed by atoms with Gasteiger partial charge in [-0.15, -0.1) is 5.10 Å². The molecule has 182 valence electrons. The lowest BCUT2D eigenvalue weighted by atomic mass is 10.1. The summed E-state index contributed by atoms with van der Waals surface area (Å²) in [6, 6.07) is 5.78. The van der Waals surface area contributed by atoms with Crippen LogP contribution in [0.3, 0.4) is 0 Å². The summed E-state index contributed by atoms with van der Waals surface area (Å²) in [5.74, 6) is -1.06. The smallest absolute Gasteiger partial charge is 0.334 e. The Morgan fingerprint density at radius 2 is 1.94 bits per heavy atom. The molecule has 1 unspecified atom stereocenters. The topological polar surface area (TPSA) is 135 Å². The van der Waals surface area contributed by atoms with Gasteiger partial charge >= 0.3 is 12.2 Å². The van der Waals surface area contributed by atoms with Crippen molar-refractivity contribution in [3.05, 3.63) is 62.9 Å². The van der Waals surface area contributed by atoms with E-state index in [9.17, 15) is 32.3 Å². The molecule has 14 heteroatoms. The van der Waals surface area contributed by atoms with E-state index in [0.29, 0.717) is 5.56 Å². The number of rotatable bonds is 4. The van der Waals surface area contributed by atoms with Crippen molar-refractivity contribution >= 4 is 46.0 Å². The second kappa shape index (κ2) is 9.33. The molecule has 1 aliphatic rings. The number of nitrogens with zero attached hydrogens (tertiary/aromatic N) is 3. The first-order chi connectivity index (χ1) is 16.5. The van der Waals surface area contributed by atoms with Crippen molar-refractivity contribution in [3.63, 3.8) is 0 Å². The summed E-state index contributed by atoms with van der Waals surface area (Å²) in [6.45, 7) is -0.0284. The zero-order valence-electron chi connectivity index (χ0n) is 17.6. The van der Waals surface area contributed by atoms with Gasteiger partial charge in [-0.3, -0.25) is 19.7 Å². The van der Waals surface area contributed by atoms with Gasteiger partial charge in [0.15, 0.2) is 0 Å². The number of imide groups is 1. The highest BCUT2D eigenvalue weighted by Crippen LogP contribution is 2.36. The average molecular weight is 509 g/mol. The van der Waals surface area contributed by atoms with Crippen molar-refractivity contribution in [2.75, 3.05) is 5.32 Å². The van der Waals surface area contributed by atoms with Gasteiger partial charge < -0.3 is 10.6 Å². The van der Waals surface area contributed by atoms with E-state index in [1.807, 2.05) is 0 Å². The number of hydrogen-bond donors (Lipinski definition) is 3. The van der Waals surface area contributed by atoms with Gasteiger partial charge in [0.1, 0.15) is 11.6 Å². The Bertz CT molecular complexity index is 1410. The third-order valence-corrected chi connectivity index (χ3v) is 5.57. The molecule has 10 nitrogen and oxygen atoms in total. The highest BCUT2D eigenvalue weighted by Gasteiger charge is 2.33. The Morgan fingerprint density at radius 1 is 1.17 bits per heavy atom. The van der Waals surface area contributed by atoms with Crippen LogP contribution in [0, 0.1) is 0 Å². The lowest BCUT2D eigenvalue weighted by Crippen LogP contribution is -2.45. The molecule has 1 atom stereocenters. The molecule has 3 aromatic rings. The summed E-state index contributed by atoms with van der Waals surface area (Å²) in [5, 5.41) is 14.4. The van der Waals surface area contributed by atoms with Crippen LogP contribution in [0.4, 0.5) is 23.7 Å². The maximum absolute atomic E-state index is 13.0. The number of carbonyl (C=O) groups is 3. The van der Waals surface area contributed by atoms with E-state index in [1.54, 1.807) is 6.07 Å². The van der Waals surface area contributed by atoms with Gasteiger partial charge in [-0.2, -0.15) is 17.9 Å². The molecule has 3 N–H and O–H groups in total. The molecule has 0 radical (unpaired) electrons. The molecule has 0 aliphatic carbocycles. The predicted molar refractivity (Wildman–Crippen MR) is 118 cm³/mol. The first-order valence-electron chi connectivity index (χ1n) is 10.2. The molecule has 4 rings (SSSR count). The average Bonchev–Trinajstić information content (AvgIpc) is 2.79. The Kier molecular flexibility index (Phi) is 6.43. The maximum Gasteiger partial charge on any atom is 0.417 e. The second-order valence-electron chi connectivity index (χ2n) is 7.66. The van der Waals surface area contributed by atoms with E-state index in [0.717, 1.165) is 16.8 Å². The molecule has 1 saturated heterocycles. The van der Waals surface area contributed by atoms with E-state index in [1.165, 1.54) is 18.2 Å². The minimum atomic E-state index is -4.67. The molecule has 2 aromatic carbocycles. The molecule has 35 heavy (non-hydrogen) atoms. The van der Waals surface area contributed by atoms with Crippen molar-refractivity contribution in [2.24, 2.45) is 0 Å². The van der Waals surface area contributed by atoms with E-state index >= 15 is 0 Å². The number of fused-ring (bicyclic) bond motifs is 1. The van der Waals surface area contributed by atoms with Crippen LogP contribution in [0.15, 0.2) is 41.2 Å². The number of halogens is 4. The molecule has 4 amide bonds. The Morgan fingerprint density at radius 3 is 2.66 bits per heavy atom. The third kappa shape index (κ3) is 5.24. The summed E-state index contributed by atoms with van der Waals surface area (Å²) < 4.78 is 39.9. The summed E-state index contributed by atoms with van der Waals surface area (Å²) in [4.78, 5) is 48.3. The van der Waals surface area contributed by atoms with Gasteiger partial charge in [-0.1, -0.05) is 22.9 Å². The van der Waals surface area contributed by atoms with Gasteiger partial charge in [0.05, 0.1) is 16.0 Å². The Labute approximate surface area is 199 Å². The third-order valence-electron chi connectivity index (χ3n) is 5.24. The molecule has 0 spiro atoms. The fourth-order valence-corrected chi connectivity index (χ4v) is 3.73. The van der Waals surface area contributed by atoms with Crippen LogP contribution in [0.5, 0.6) is 0 Å². The summed E-state index contributed by atoms with van der Waals surface area (Å²) >= 11 is 5.57. The summed E-state index contributed by atoms with van der Waals surface area (Å²) in [6.07, 6.45) is -4.48. The van der Waals surface area contributed by atoms with Crippen molar-refractivity contribution in [1.29, 1.82) is 0 Å². The molecule has 0 bridgehead atoms. The van der Waals surface area contributed by atoms with E-state index in [-0.39, 0.29) is 36.0 Å². The van der Waals surface area contributed by atoms with E-state index in [2.05, 4.69) is 26.3 Å². The highest BCUT2D eigenvalue weighted by molar-refractivity contribution is 6.31.